The van der Waals surface area contributed by atoms with Gasteiger partial charge in [-0.25, -0.2) is 0 Å². The molecule has 2 aliphatic carbocycles. The minimum Gasteiger partial charge on any atom is -0.465 e. The van der Waals surface area contributed by atoms with Crippen LogP contribution in [-0.4, -0.2) is 18.4 Å². The molecule has 0 saturated heterocycles. The third-order valence-electron chi connectivity index (χ3n) is 4.97. The highest BCUT2D eigenvalue weighted by molar-refractivity contribution is 6.08. The molecule has 0 aliphatic heterocycles. The smallest absolute Gasteiger partial charge is 0.320 e. The van der Waals surface area contributed by atoms with Gasteiger partial charge >= 0.3 is 5.97 Å². The molecule has 2 rings (SSSR count). The lowest BCUT2D eigenvalue weighted by atomic mass is 9.75. The van der Waals surface area contributed by atoms with Crippen molar-refractivity contribution in [3.63, 3.8) is 0 Å². The Balaban J connectivity index is 2.30. The molecular weight excluding hydrogens is 228 g/mol. The zero-order valence-corrected chi connectivity index (χ0v) is 11.9. The molecule has 0 amide bonds. The predicted molar refractivity (Wildman–Crippen MR) is 68.9 cm³/mol. The monoisotopic (exact) mass is 252 g/mol. The van der Waals surface area contributed by atoms with Crippen LogP contribution in [-0.2, 0) is 14.3 Å². The summed E-state index contributed by atoms with van der Waals surface area (Å²) in [6.07, 6.45) is 2.39. The molecule has 0 N–H and O–H groups in total. The minimum absolute atomic E-state index is 0.134. The summed E-state index contributed by atoms with van der Waals surface area (Å²) in [5.41, 5.74) is -0.766. The second kappa shape index (κ2) is 4.67. The van der Waals surface area contributed by atoms with E-state index >= 15 is 0 Å². The molecule has 2 fully saturated rings. The Morgan fingerprint density at radius 1 is 1.44 bits per heavy atom. The van der Waals surface area contributed by atoms with Gasteiger partial charge in [-0.05, 0) is 37.0 Å². The second-order valence-corrected chi connectivity index (χ2v) is 6.00. The maximum atomic E-state index is 12.3. The Kier molecular flexibility index (Phi) is 3.52. The number of hydrogen-bond acceptors (Lipinski definition) is 3. The van der Waals surface area contributed by atoms with E-state index in [-0.39, 0.29) is 23.6 Å². The van der Waals surface area contributed by atoms with Crippen LogP contribution in [0.15, 0.2) is 0 Å². The molecule has 0 unspecified atom stereocenters. The number of carbonyl (C=O) groups excluding carboxylic acids is 2. The molecular formula is C15H24O3. The number of esters is 1. The van der Waals surface area contributed by atoms with Crippen molar-refractivity contribution in [1.29, 1.82) is 0 Å². The fourth-order valence-electron chi connectivity index (χ4n) is 4.18. The van der Waals surface area contributed by atoms with Crippen molar-refractivity contribution in [2.45, 2.75) is 47.0 Å². The van der Waals surface area contributed by atoms with Crippen LogP contribution in [0.5, 0.6) is 0 Å². The van der Waals surface area contributed by atoms with Gasteiger partial charge in [0.2, 0.25) is 0 Å². The highest BCUT2D eigenvalue weighted by Crippen LogP contribution is 2.69. The Morgan fingerprint density at radius 3 is 2.61 bits per heavy atom. The van der Waals surface area contributed by atoms with Crippen molar-refractivity contribution in [2.75, 3.05) is 6.61 Å². The molecule has 2 saturated carbocycles. The van der Waals surface area contributed by atoms with Gasteiger partial charge in [-0.1, -0.05) is 27.2 Å². The van der Waals surface area contributed by atoms with Crippen LogP contribution in [0, 0.1) is 29.1 Å². The Morgan fingerprint density at radius 2 is 2.11 bits per heavy atom. The van der Waals surface area contributed by atoms with Crippen LogP contribution in [0.1, 0.15) is 47.0 Å². The van der Waals surface area contributed by atoms with Crippen molar-refractivity contribution in [3.05, 3.63) is 0 Å². The summed E-state index contributed by atoms with van der Waals surface area (Å²) >= 11 is 0. The Bertz CT molecular complexity index is 361. The summed E-state index contributed by atoms with van der Waals surface area (Å²) in [6.45, 7) is 8.64. The fraction of sp³-hybridized carbons (Fsp3) is 0.867. The summed E-state index contributed by atoms with van der Waals surface area (Å²) < 4.78 is 5.20. The molecule has 3 nitrogen and oxygen atoms in total. The van der Waals surface area contributed by atoms with Gasteiger partial charge < -0.3 is 4.74 Å². The lowest BCUT2D eigenvalue weighted by molar-refractivity contribution is -0.156. The third kappa shape index (κ3) is 1.63. The fourth-order valence-corrected chi connectivity index (χ4v) is 4.18. The number of ether oxygens (including phenoxy) is 1. The molecule has 102 valence electrons. The van der Waals surface area contributed by atoms with Crippen molar-refractivity contribution >= 4 is 11.8 Å². The molecule has 18 heavy (non-hydrogen) atoms. The van der Waals surface area contributed by atoms with Crippen molar-refractivity contribution < 1.29 is 14.3 Å². The van der Waals surface area contributed by atoms with Crippen LogP contribution >= 0.6 is 0 Å². The van der Waals surface area contributed by atoms with E-state index in [1.165, 1.54) is 0 Å². The molecule has 0 aromatic rings. The molecule has 0 bridgehead atoms. The van der Waals surface area contributed by atoms with Crippen LogP contribution in [0.2, 0.25) is 0 Å². The Labute approximate surface area is 109 Å². The summed E-state index contributed by atoms with van der Waals surface area (Å²) in [4.78, 5) is 24.6. The second-order valence-electron chi connectivity index (χ2n) is 6.00. The minimum atomic E-state index is -0.766. The molecule has 0 aromatic heterocycles. The maximum absolute atomic E-state index is 12.3. The normalized spacial score (nSPS) is 38.5. The van der Waals surface area contributed by atoms with E-state index in [0.29, 0.717) is 24.9 Å². The van der Waals surface area contributed by atoms with E-state index < -0.39 is 5.41 Å². The maximum Gasteiger partial charge on any atom is 0.320 e. The summed E-state index contributed by atoms with van der Waals surface area (Å²) in [5.74, 6) is 1.37. The number of hydrogen-bond donors (Lipinski definition) is 0. The van der Waals surface area contributed by atoms with E-state index in [2.05, 4.69) is 20.8 Å². The van der Waals surface area contributed by atoms with Gasteiger partial charge in [0.1, 0.15) is 5.41 Å². The summed E-state index contributed by atoms with van der Waals surface area (Å²) in [5, 5.41) is 0. The quantitative estimate of drug-likeness (QED) is 0.571. The average Bonchev–Trinajstić information content (AvgIpc) is 3.00. The summed E-state index contributed by atoms with van der Waals surface area (Å²) in [7, 11) is 0. The lowest BCUT2D eigenvalue weighted by Gasteiger charge is -2.28. The van der Waals surface area contributed by atoms with E-state index in [0.717, 1.165) is 12.8 Å². The molecule has 0 radical (unpaired) electrons. The van der Waals surface area contributed by atoms with Crippen LogP contribution in [0.25, 0.3) is 0 Å². The number of ketones is 1. The van der Waals surface area contributed by atoms with Gasteiger partial charge in [-0.2, -0.15) is 0 Å². The van der Waals surface area contributed by atoms with Crippen molar-refractivity contribution in [1.82, 2.24) is 0 Å². The van der Waals surface area contributed by atoms with Crippen molar-refractivity contribution in [3.8, 4) is 0 Å². The van der Waals surface area contributed by atoms with Crippen molar-refractivity contribution in [2.24, 2.45) is 29.1 Å². The van der Waals surface area contributed by atoms with Gasteiger partial charge in [0.05, 0.1) is 6.61 Å². The predicted octanol–water partition coefficient (Wildman–Crippen LogP) is 2.83. The molecule has 0 aromatic carbocycles. The number of fused-ring (bicyclic) bond motifs is 1. The molecule has 0 heterocycles. The topological polar surface area (TPSA) is 43.4 Å². The standard InChI is InChI=1S/C15H24O3/c1-5-11-13-10(9(3)4)7-8-12(16)15(11,13)14(17)18-6-2/h9-11,13H,5-8H2,1-4H3/t10-,11+,13+,15-/m1/s1. The molecule has 0 spiro atoms. The number of Topliss-reactive ketones (excluding diaryl/α,β-unsaturated/α-hetero) is 1. The SMILES string of the molecule is CCOC(=O)[C@]12C(=O)CC[C@H](C(C)C)[C@H]1[C@@H]2CC. The number of carbonyl (C=O) groups is 2. The van der Waals surface area contributed by atoms with E-state index in [1.54, 1.807) is 6.92 Å². The Hall–Kier alpha value is -0.860. The summed E-state index contributed by atoms with van der Waals surface area (Å²) in [6, 6.07) is 0. The largest absolute Gasteiger partial charge is 0.465 e. The molecule has 2 aliphatic rings. The first-order valence-electron chi connectivity index (χ1n) is 7.22. The first kappa shape index (κ1) is 13.6. The van der Waals surface area contributed by atoms with Gasteiger partial charge in [-0.3, -0.25) is 9.59 Å². The lowest BCUT2D eigenvalue weighted by Crippen LogP contribution is -2.37. The molecule has 4 atom stereocenters. The van der Waals surface area contributed by atoms with E-state index in [1.807, 2.05) is 0 Å². The first-order valence-corrected chi connectivity index (χ1v) is 7.22. The zero-order chi connectivity index (χ0) is 13.5. The van der Waals surface area contributed by atoms with Crippen LogP contribution in [0.3, 0.4) is 0 Å². The highest BCUT2D eigenvalue weighted by atomic mass is 16.5. The van der Waals surface area contributed by atoms with Crippen LogP contribution in [0.4, 0.5) is 0 Å². The first-order chi connectivity index (χ1) is 8.51. The number of rotatable bonds is 4. The van der Waals surface area contributed by atoms with Crippen LogP contribution < -0.4 is 0 Å². The highest BCUT2D eigenvalue weighted by Gasteiger charge is 2.76. The van der Waals surface area contributed by atoms with Gasteiger partial charge in [0.15, 0.2) is 5.78 Å². The zero-order valence-electron chi connectivity index (χ0n) is 11.9. The van der Waals surface area contributed by atoms with Gasteiger partial charge in [0.25, 0.3) is 0 Å². The third-order valence-corrected chi connectivity index (χ3v) is 4.97. The average molecular weight is 252 g/mol. The van der Waals surface area contributed by atoms with Gasteiger partial charge in [0, 0.05) is 6.42 Å². The molecule has 3 heteroatoms. The van der Waals surface area contributed by atoms with E-state index in [4.69, 9.17) is 4.74 Å². The van der Waals surface area contributed by atoms with Gasteiger partial charge in [-0.15, -0.1) is 0 Å². The van der Waals surface area contributed by atoms with E-state index in [9.17, 15) is 9.59 Å².